The Morgan fingerprint density at radius 3 is 0.465 bits per heavy atom. The Hall–Kier alpha value is -5.46. The summed E-state index contributed by atoms with van der Waals surface area (Å²) in [5, 5.41) is 0. The molecule has 7 rings (SSSR count). The molecular formula is C71H100. The van der Waals surface area contributed by atoms with E-state index in [1.54, 1.807) is 0 Å². The van der Waals surface area contributed by atoms with E-state index in [-0.39, 0.29) is 10.8 Å². The molecule has 7 aromatic carbocycles. The van der Waals surface area contributed by atoms with Crippen molar-refractivity contribution in [1.82, 2.24) is 0 Å². The number of benzene rings is 7. The first-order chi connectivity index (χ1) is 33.4. The maximum Gasteiger partial charge on any atom is -0.0129 e. The Bertz CT molecular complexity index is 2000. The number of hydrogen-bond acceptors (Lipinski definition) is 0. The molecule has 0 aliphatic heterocycles. The van der Waals surface area contributed by atoms with Crippen molar-refractivity contribution in [3.63, 3.8) is 0 Å². The molecule has 0 saturated carbocycles. The van der Waals surface area contributed by atoms with Crippen molar-refractivity contribution < 1.29 is 0 Å². The lowest BCUT2D eigenvalue weighted by molar-refractivity contribution is 0.577. The summed E-state index contributed by atoms with van der Waals surface area (Å²) in [7, 11) is 0. The minimum Gasteiger partial charge on any atom is -0.0622 e. The molecule has 0 radical (unpaired) electrons. The molecule has 0 spiro atoms. The summed E-state index contributed by atoms with van der Waals surface area (Å²) in [6.07, 6.45) is 0. The van der Waals surface area contributed by atoms with E-state index in [9.17, 15) is 0 Å². The van der Waals surface area contributed by atoms with Crippen LogP contribution in [0.2, 0.25) is 0 Å². The van der Waals surface area contributed by atoms with Crippen molar-refractivity contribution in [2.75, 3.05) is 0 Å². The maximum atomic E-state index is 2.27. The molecule has 0 bridgehead atoms. The van der Waals surface area contributed by atoms with E-state index in [1.807, 2.05) is 30.3 Å². The zero-order valence-corrected chi connectivity index (χ0v) is 48.6. The zero-order chi connectivity index (χ0) is 53.6. The van der Waals surface area contributed by atoms with Gasteiger partial charge in [-0.1, -0.05) is 339 Å². The lowest BCUT2D eigenvalue weighted by Gasteiger charge is -2.24. The standard InChI is InChI=1S/2C13H20.5C9H12/c2*1-10(2)11-8-6-7-9-12(11)13(3,4)5;5*1-8(2)9-6-4-3-5-7-9/h2*6-10H,1-5H3;5*3-8H,1-2H3. The highest BCUT2D eigenvalue weighted by atomic mass is 14.2. The third-order valence-corrected chi connectivity index (χ3v) is 12.1. The predicted molar refractivity (Wildman–Crippen MR) is 321 cm³/mol. The molecule has 384 valence electrons. The summed E-state index contributed by atoms with van der Waals surface area (Å²) in [5.41, 5.74) is 13.5. The van der Waals surface area contributed by atoms with Crippen molar-refractivity contribution in [1.29, 1.82) is 0 Å². The third kappa shape index (κ3) is 27.1. The van der Waals surface area contributed by atoms with Gasteiger partial charge in [0, 0.05) is 0 Å². The lowest BCUT2D eigenvalue weighted by Crippen LogP contribution is -2.14. The van der Waals surface area contributed by atoms with Crippen LogP contribution in [0.5, 0.6) is 0 Å². The number of hydrogen-bond donors (Lipinski definition) is 0. The van der Waals surface area contributed by atoms with E-state index >= 15 is 0 Å². The first kappa shape index (κ1) is 63.6. The molecule has 0 aromatic heterocycles. The summed E-state index contributed by atoms with van der Waals surface area (Å²) in [6, 6.07) is 70.1. The fourth-order valence-electron chi connectivity index (χ4n) is 7.56. The van der Waals surface area contributed by atoms with E-state index in [4.69, 9.17) is 0 Å². The second kappa shape index (κ2) is 34.0. The molecule has 0 N–H and O–H groups in total. The summed E-state index contributed by atoms with van der Waals surface area (Å²) >= 11 is 0. The first-order valence-corrected chi connectivity index (χ1v) is 26.8. The molecule has 0 saturated heterocycles. The molecule has 71 heavy (non-hydrogen) atoms. The molecule has 7 aromatic rings. The van der Waals surface area contributed by atoms with E-state index < -0.39 is 0 Å². The average Bonchev–Trinajstić information content (AvgIpc) is 3.36. The van der Waals surface area contributed by atoms with Gasteiger partial charge in [-0.15, -0.1) is 0 Å². The van der Waals surface area contributed by atoms with E-state index in [0.29, 0.717) is 41.4 Å². The molecule has 0 amide bonds. The molecular weight excluding hydrogens is 853 g/mol. The summed E-state index contributed by atoms with van der Waals surface area (Å²) < 4.78 is 0. The van der Waals surface area contributed by atoms with Crippen LogP contribution in [0, 0.1) is 0 Å². The van der Waals surface area contributed by atoms with Crippen LogP contribution in [0.4, 0.5) is 0 Å². The van der Waals surface area contributed by atoms with Crippen LogP contribution in [0.25, 0.3) is 0 Å². The topological polar surface area (TPSA) is 0 Å². The van der Waals surface area contributed by atoms with Gasteiger partial charge in [-0.25, -0.2) is 0 Å². The average molecular weight is 954 g/mol. The SMILES string of the molecule is CC(C)c1ccccc1.CC(C)c1ccccc1.CC(C)c1ccccc1.CC(C)c1ccccc1.CC(C)c1ccccc1.CC(C)c1ccccc1C(C)(C)C.CC(C)c1ccccc1C(C)(C)C. The molecule has 0 unspecified atom stereocenters. The van der Waals surface area contributed by atoms with Gasteiger partial charge in [0.15, 0.2) is 0 Å². The number of rotatable bonds is 7. The Morgan fingerprint density at radius 2 is 0.352 bits per heavy atom. The van der Waals surface area contributed by atoms with Crippen molar-refractivity contribution in [3.8, 4) is 0 Å². The van der Waals surface area contributed by atoms with E-state index in [2.05, 4.69) is 308 Å². The fraction of sp³-hybridized carbons (Fsp3) is 0.408. The smallest absolute Gasteiger partial charge is 0.0129 e. The van der Waals surface area contributed by atoms with Gasteiger partial charge >= 0.3 is 0 Å². The van der Waals surface area contributed by atoms with Gasteiger partial charge in [0.25, 0.3) is 0 Å². The van der Waals surface area contributed by atoms with Gasteiger partial charge in [-0.2, -0.15) is 0 Å². The summed E-state index contributed by atoms with van der Waals surface area (Å²) in [6.45, 7) is 44.7. The third-order valence-electron chi connectivity index (χ3n) is 12.1. The highest BCUT2D eigenvalue weighted by Gasteiger charge is 2.19. The second-order valence-electron chi connectivity index (χ2n) is 22.8. The molecule has 0 nitrogen and oxygen atoms in total. The Balaban J connectivity index is 0.000000417. The highest BCUT2D eigenvalue weighted by Crippen LogP contribution is 2.31. The van der Waals surface area contributed by atoms with Gasteiger partial charge in [-0.05, 0) is 102 Å². The normalized spacial score (nSPS) is 10.9. The molecule has 0 fully saturated rings. The van der Waals surface area contributed by atoms with Crippen molar-refractivity contribution in [2.45, 2.75) is 191 Å². The Kier molecular flexibility index (Phi) is 30.4. The molecule has 0 atom stereocenters. The fourth-order valence-corrected chi connectivity index (χ4v) is 7.56. The van der Waals surface area contributed by atoms with Crippen LogP contribution >= 0.6 is 0 Å². The lowest BCUT2D eigenvalue weighted by atomic mass is 9.81. The second-order valence-corrected chi connectivity index (χ2v) is 22.8. The zero-order valence-electron chi connectivity index (χ0n) is 48.6. The maximum absolute atomic E-state index is 2.27. The molecule has 0 heteroatoms. The Labute approximate surface area is 438 Å². The minimum absolute atomic E-state index is 0.265. The van der Waals surface area contributed by atoms with Crippen LogP contribution in [0.1, 0.15) is 230 Å². The monoisotopic (exact) mass is 953 g/mol. The van der Waals surface area contributed by atoms with Crippen molar-refractivity contribution in [3.05, 3.63) is 250 Å². The van der Waals surface area contributed by atoms with E-state index in [0.717, 1.165) is 0 Å². The van der Waals surface area contributed by atoms with Crippen LogP contribution in [0.15, 0.2) is 200 Å². The van der Waals surface area contributed by atoms with Gasteiger partial charge in [0.05, 0.1) is 0 Å². The van der Waals surface area contributed by atoms with Crippen molar-refractivity contribution >= 4 is 0 Å². The predicted octanol–water partition coefficient (Wildman–Crippen LogP) is 22.3. The van der Waals surface area contributed by atoms with Crippen LogP contribution < -0.4 is 0 Å². The minimum atomic E-state index is 0.265. The van der Waals surface area contributed by atoms with Crippen LogP contribution in [0.3, 0.4) is 0 Å². The molecule has 0 heterocycles. The van der Waals surface area contributed by atoms with Crippen LogP contribution in [-0.4, -0.2) is 0 Å². The van der Waals surface area contributed by atoms with Gasteiger partial charge in [0.1, 0.15) is 0 Å². The summed E-state index contributed by atoms with van der Waals surface area (Å²) in [5.74, 6) is 4.53. The van der Waals surface area contributed by atoms with Crippen LogP contribution in [-0.2, 0) is 10.8 Å². The Morgan fingerprint density at radius 1 is 0.197 bits per heavy atom. The van der Waals surface area contributed by atoms with Gasteiger partial charge in [0.2, 0.25) is 0 Å². The quantitative estimate of drug-likeness (QED) is 0.149. The largest absolute Gasteiger partial charge is 0.0622 e. The van der Waals surface area contributed by atoms with Crippen molar-refractivity contribution in [2.24, 2.45) is 0 Å². The summed E-state index contributed by atoms with van der Waals surface area (Å²) in [4.78, 5) is 0. The first-order valence-electron chi connectivity index (χ1n) is 26.8. The van der Waals surface area contributed by atoms with Gasteiger partial charge in [-0.3, -0.25) is 0 Å². The van der Waals surface area contributed by atoms with Gasteiger partial charge < -0.3 is 0 Å². The highest BCUT2D eigenvalue weighted by molar-refractivity contribution is 5.36. The molecule has 0 aliphatic carbocycles. The van der Waals surface area contributed by atoms with E-state index in [1.165, 1.54) is 50.1 Å². The molecule has 0 aliphatic rings.